The molecule has 5 nitrogen and oxygen atoms in total. The molecule has 0 saturated heterocycles. The maximum atomic E-state index is 12.0. The molecule has 0 radical (unpaired) electrons. The summed E-state index contributed by atoms with van der Waals surface area (Å²) in [5.41, 5.74) is 8.23. The van der Waals surface area contributed by atoms with Crippen LogP contribution in [-0.4, -0.2) is 18.1 Å². The minimum atomic E-state index is -0.461. The average Bonchev–Trinajstić information content (AvgIpc) is 2.48. The molecule has 0 amide bonds. The number of para-hydroxylation sites is 1. The van der Waals surface area contributed by atoms with E-state index < -0.39 is 5.97 Å². The molecule has 1 aromatic carbocycles. The summed E-state index contributed by atoms with van der Waals surface area (Å²) in [7, 11) is 1.52. The third kappa shape index (κ3) is 2.88. The van der Waals surface area contributed by atoms with Crippen LogP contribution in [-0.2, 0) is 11.3 Å². The number of nitrogen functional groups attached to an aromatic ring is 1. The van der Waals surface area contributed by atoms with Crippen molar-refractivity contribution in [1.29, 1.82) is 0 Å². The Morgan fingerprint density at radius 2 is 2.10 bits per heavy atom. The first-order chi connectivity index (χ1) is 9.63. The molecule has 20 heavy (non-hydrogen) atoms. The number of benzene rings is 1. The molecular formula is C15H16N2O3. The molecule has 0 aliphatic heterocycles. The first kappa shape index (κ1) is 13.9. The molecule has 0 saturated carbocycles. The van der Waals surface area contributed by atoms with E-state index in [-0.39, 0.29) is 6.61 Å². The number of anilines is 1. The fourth-order valence-corrected chi connectivity index (χ4v) is 1.80. The lowest BCUT2D eigenvalue weighted by atomic mass is 10.1. The summed E-state index contributed by atoms with van der Waals surface area (Å²) in [6.07, 6.45) is 1.61. The molecule has 5 heteroatoms. The van der Waals surface area contributed by atoms with Crippen molar-refractivity contribution in [3.05, 3.63) is 53.2 Å². The fourth-order valence-electron chi connectivity index (χ4n) is 1.80. The van der Waals surface area contributed by atoms with Crippen LogP contribution >= 0.6 is 0 Å². The highest BCUT2D eigenvalue weighted by Crippen LogP contribution is 2.19. The summed E-state index contributed by atoms with van der Waals surface area (Å²) in [5, 5.41) is 0. The number of carbonyl (C=O) groups is 1. The average molecular weight is 272 g/mol. The predicted octanol–water partition coefficient (Wildman–Crippen LogP) is 2.34. The molecule has 2 N–H and O–H groups in total. The van der Waals surface area contributed by atoms with Crippen LogP contribution in [0.1, 0.15) is 21.5 Å². The van der Waals surface area contributed by atoms with E-state index in [1.54, 1.807) is 30.5 Å². The van der Waals surface area contributed by atoms with E-state index in [4.69, 9.17) is 15.2 Å². The summed E-state index contributed by atoms with van der Waals surface area (Å²) in [4.78, 5) is 16.1. The highest BCUT2D eigenvalue weighted by Gasteiger charge is 2.13. The first-order valence-corrected chi connectivity index (χ1v) is 6.13. The number of aromatic nitrogens is 1. The summed E-state index contributed by atoms with van der Waals surface area (Å²) < 4.78 is 10.4. The summed E-state index contributed by atoms with van der Waals surface area (Å²) in [5.74, 6) is -0.0189. The van der Waals surface area contributed by atoms with Gasteiger partial charge < -0.3 is 15.2 Å². The van der Waals surface area contributed by atoms with Gasteiger partial charge in [-0.25, -0.2) is 9.78 Å². The van der Waals surface area contributed by atoms with Crippen LogP contribution in [0.4, 0.5) is 5.69 Å². The minimum Gasteiger partial charge on any atom is -0.481 e. The van der Waals surface area contributed by atoms with Crippen molar-refractivity contribution in [3.63, 3.8) is 0 Å². The summed E-state index contributed by atoms with van der Waals surface area (Å²) in [6, 6.07) is 8.81. The van der Waals surface area contributed by atoms with Gasteiger partial charge in [-0.2, -0.15) is 0 Å². The topological polar surface area (TPSA) is 74.4 Å². The monoisotopic (exact) mass is 272 g/mol. The van der Waals surface area contributed by atoms with Crippen LogP contribution in [0.2, 0.25) is 0 Å². The van der Waals surface area contributed by atoms with E-state index in [0.717, 1.165) is 5.56 Å². The van der Waals surface area contributed by atoms with E-state index in [1.807, 2.05) is 13.0 Å². The van der Waals surface area contributed by atoms with Gasteiger partial charge in [-0.05, 0) is 30.7 Å². The molecule has 1 aromatic heterocycles. The van der Waals surface area contributed by atoms with Crippen molar-refractivity contribution >= 4 is 11.7 Å². The maximum Gasteiger partial charge on any atom is 0.340 e. The number of hydrogen-bond donors (Lipinski definition) is 1. The van der Waals surface area contributed by atoms with E-state index in [9.17, 15) is 4.79 Å². The number of nitrogens with two attached hydrogens (primary N) is 1. The third-order valence-electron chi connectivity index (χ3n) is 2.95. The Labute approximate surface area is 117 Å². The predicted molar refractivity (Wildman–Crippen MR) is 75.5 cm³/mol. The largest absolute Gasteiger partial charge is 0.481 e. The maximum absolute atomic E-state index is 12.0. The Hall–Kier alpha value is -2.56. The van der Waals surface area contributed by atoms with Crippen molar-refractivity contribution in [3.8, 4) is 5.88 Å². The van der Waals surface area contributed by atoms with Crippen LogP contribution in [0, 0.1) is 6.92 Å². The van der Waals surface area contributed by atoms with Gasteiger partial charge in [-0.3, -0.25) is 0 Å². The van der Waals surface area contributed by atoms with Crippen LogP contribution in [0.3, 0.4) is 0 Å². The standard InChI is InChI=1S/C15H16N2O3/c1-10-5-3-7-12(13(10)16)15(18)20-9-11-6-4-8-17-14(11)19-2/h3-8H,9,16H2,1-2H3. The van der Waals surface area contributed by atoms with Gasteiger partial charge in [0.25, 0.3) is 0 Å². The van der Waals surface area contributed by atoms with Gasteiger partial charge in [0, 0.05) is 11.9 Å². The van der Waals surface area contributed by atoms with Gasteiger partial charge in [-0.15, -0.1) is 0 Å². The summed E-state index contributed by atoms with van der Waals surface area (Å²) >= 11 is 0. The highest BCUT2D eigenvalue weighted by molar-refractivity contribution is 5.95. The Kier molecular flexibility index (Phi) is 4.20. The normalized spacial score (nSPS) is 10.1. The second-order valence-electron chi connectivity index (χ2n) is 4.28. The van der Waals surface area contributed by atoms with Crippen LogP contribution in [0.15, 0.2) is 36.5 Å². The van der Waals surface area contributed by atoms with Crippen molar-refractivity contribution in [2.45, 2.75) is 13.5 Å². The second-order valence-corrected chi connectivity index (χ2v) is 4.28. The molecule has 0 unspecified atom stereocenters. The molecule has 0 bridgehead atoms. The van der Waals surface area contributed by atoms with Crippen molar-refractivity contribution in [1.82, 2.24) is 4.98 Å². The lowest BCUT2D eigenvalue weighted by molar-refractivity contribution is 0.0470. The van der Waals surface area contributed by atoms with Gasteiger partial charge in [0.2, 0.25) is 5.88 Å². The van der Waals surface area contributed by atoms with Gasteiger partial charge in [0.15, 0.2) is 0 Å². The van der Waals surface area contributed by atoms with E-state index >= 15 is 0 Å². The lowest BCUT2D eigenvalue weighted by Gasteiger charge is -2.10. The SMILES string of the molecule is COc1ncccc1COC(=O)c1cccc(C)c1N. The molecule has 0 fully saturated rings. The van der Waals surface area contributed by atoms with Crippen molar-refractivity contribution in [2.75, 3.05) is 12.8 Å². The molecular weight excluding hydrogens is 256 g/mol. The zero-order valence-corrected chi connectivity index (χ0v) is 11.4. The van der Waals surface area contributed by atoms with Crippen molar-refractivity contribution < 1.29 is 14.3 Å². The van der Waals surface area contributed by atoms with Crippen LogP contribution in [0.25, 0.3) is 0 Å². The zero-order chi connectivity index (χ0) is 14.5. The summed E-state index contributed by atoms with van der Waals surface area (Å²) in [6.45, 7) is 1.93. The van der Waals surface area contributed by atoms with E-state index in [2.05, 4.69) is 4.98 Å². The number of nitrogens with zero attached hydrogens (tertiary/aromatic N) is 1. The van der Waals surface area contributed by atoms with Gasteiger partial charge in [0.1, 0.15) is 6.61 Å². The smallest absolute Gasteiger partial charge is 0.340 e. The number of ether oxygens (including phenoxy) is 2. The quantitative estimate of drug-likeness (QED) is 0.683. The van der Waals surface area contributed by atoms with Gasteiger partial charge >= 0.3 is 5.97 Å². The first-order valence-electron chi connectivity index (χ1n) is 6.13. The lowest BCUT2D eigenvalue weighted by Crippen LogP contribution is -2.09. The van der Waals surface area contributed by atoms with Crippen molar-refractivity contribution in [2.24, 2.45) is 0 Å². The number of aryl methyl sites for hydroxylation is 1. The van der Waals surface area contributed by atoms with E-state index in [0.29, 0.717) is 22.7 Å². The number of hydrogen-bond acceptors (Lipinski definition) is 5. The Bertz CT molecular complexity index is 626. The van der Waals surface area contributed by atoms with Crippen LogP contribution in [0.5, 0.6) is 5.88 Å². The molecule has 0 aliphatic carbocycles. The molecule has 1 heterocycles. The second kappa shape index (κ2) is 6.06. The molecule has 2 rings (SSSR count). The third-order valence-corrected chi connectivity index (χ3v) is 2.95. The van der Waals surface area contributed by atoms with Gasteiger partial charge in [-0.1, -0.05) is 12.1 Å². The zero-order valence-electron chi connectivity index (χ0n) is 11.4. The van der Waals surface area contributed by atoms with E-state index in [1.165, 1.54) is 7.11 Å². The molecule has 0 spiro atoms. The van der Waals surface area contributed by atoms with Crippen LogP contribution < -0.4 is 10.5 Å². The number of esters is 1. The number of carbonyl (C=O) groups excluding carboxylic acids is 1. The Morgan fingerprint density at radius 1 is 1.30 bits per heavy atom. The fraction of sp³-hybridized carbons (Fsp3) is 0.200. The number of pyridine rings is 1. The molecule has 0 atom stereocenters. The Balaban J connectivity index is 2.11. The molecule has 104 valence electrons. The van der Waals surface area contributed by atoms with Gasteiger partial charge in [0.05, 0.1) is 18.2 Å². The Morgan fingerprint density at radius 3 is 2.85 bits per heavy atom. The number of rotatable bonds is 4. The minimum absolute atomic E-state index is 0.0865. The highest BCUT2D eigenvalue weighted by atomic mass is 16.5. The molecule has 0 aliphatic rings. The number of methoxy groups -OCH3 is 1. The molecule has 2 aromatic rings.